The first-order chi connectivity index (χ1) is 12.2. The van der Waals surface area contributed by atoms with E-state index in [4.69, 9.17) is 10.5 Å². The summed E-state index contributed by atoms with van der Waals surface area (Å²) in [5.74, 6) is 1.32. The van der Waals surface area contributed by atoms with E-state index in [1.165, 1.54) is 21.6 Å². The molecule has 2 heterocycles. The molecule has 0 bridgehead atoms. The van der Waals surface area contributed by atoms with Crippen molar-refractivity contribution >= 4 is 22.2 Å². The van der Waals surface area contributed by atoms with Crippen LogP contribution in [-0.2, 0) is 17.7 Å². The molecule has 0 saturated heterocycles. The van der Waals surface area contributed by atoms with E-state index in [1.54, 1.807) is 11.3 Å². The van der Waals surface area contributed by atoms with Gasteiger partial charge >= 0.3 is 0 Å². The fourth-order valence-electron chi connectivity index (χ4n) is 3.16. The minimum atomic E-state index is -0.242. The van der Waals surface area contributed by atoms with Gasteiger partial charge in [-0.1, -0.05) is 30.3 Å². The van der Waals surface area contributed by atoms with Crippen molar-refractivity contribution in [3.63, 3.8) is 0 Å². The summed E-state index contributed by atoms with van der Waals surface area (Å²) in [6, 6.07) is 10.4. The van der Waals surface area contributed by atoms with Gasteiger partial charge in [-0.15, -0.1) is 11.3 Å². The Balaban J connectivity index is 1.96. The van der Waals surface area contributed by atoms with E-state index >= 15 is 0 Å². The second-order valence-corrected chi connectivity index (χ2v) is 8.67. The summed E-state index contributed by atoms with van der Waals surface area (Å²) in [5, 5.41) is 0.991. The summed E-state index contributed by atoms with van der Waals surface area (Å²) < 4.78 is 5.97. The Bertz CT molecular complexity index is 827. The van der Waals surface area contributed by atoms with Crippen LogP contribution in [0, 0.1) is 0 Å². The van der Waals surface area contributed by atoms with E-state index < -0.39 is 0 Å². The first-order valence-electron chi connectivity index (χ1n) is 8.88. The van der Waals surface area contributed by atoms with Crippen LogP contribution < -0.4 is 5.73 Å². The zero-order chi connectivity index (χ0) is 18.9. The largest absolute Gasteiger partial charge is 0.474 e. The lowest BCUT2D eigenvalue weighted by molar-refractivity contribution is -0.000315. The summed E-state index contributed by atoms with van der Waals surface area (Å²) in [7, 11) is 0. The van der Waals surface area contributed by atoms with Gasteiger partial charge in [0.15, 0.2) is 5.88 Å². The molecule has 0 spiro atoms. The fraction of sp³-hybridized carbons (Fsp3) is 0.381. The van der Waals surface area contributed by atoms with Crippen molar-refractivity contribution in [3.05, 3.63) is 53.2 Å². The van der Waals surface area contributed by atoms with Crippen molar-refractivity contribution in [3.8, 4) is 11.1 Å². The molecule has 2 N–H and O–H groups in total. The highest BCUT2D eigenvalue weighted by Gasteiger charge is 2.27. The van der Waals surface area contributed by atoms with Crippen LogP contribution in [0.5, 0.6) is 0 Å². The summed E-state index contributed by atoms with van der Waals surface area (Å²) in [6.45, 7) is 13.8. The molecule has 5 heteroatoms. The van der Waals surface area contributed by atoms with Crippen molar-refractivity contribution in [1.82, 2.24) is 4.90 Å². The van der Waals surface area contributed by atoms with Crippen molar-refractivity contribution in [2.75, 3.05) is 6.54 Å². The third-order valence-corrected chi connectivity index (χ3v) is 5.27. The number of thiophene rings is 1. The topological polar surface area (TPSA) is 50.8 Å². The van der Waals surface area contributed by atoms with E-state index in [0.717, 1.165) is 30.4 Å². The Morgan fingerprint density at radius 2 is 1.96 bits per heavy atom. The predicted molar refractivity (Wildman–Crippen MR) is 111 cm³/mol. The Morgan fingerprint density at radius 1 is 1.27 bits per heavy atom. The number of nitrogens with two attached hydrogens (primary N) is 1. The number of ether oxygens (including phenoxy) is 1. The second kappa shape index (κ2) is 7.16. The lowest BCUT2D eigenvalue weighted by atomic mass is 9.97. The Kier molecular flexibility index (Phi) is 5.10. The smallest absolute Gasteiger partial charge is 0.182 e. The van der Waals surface area contributed by atoms with Crippen molar-refractivity contribution in [1.29, 1.82) is 0 Å². The molecular formula is C21H27N3OS. The maximum absolute atomic E-state index is 5.97. The molecule has 1 aromatic carbocycles. The van der Waals surface area contributed by atoms with Crippen molar-refractivity contribution < 1.29 is 4.74 Å². The number of hydrogen-bond acceptors (Lipinski definition) is 4. The summed E-state index contributed by atoms with van der Waals surface area (Å²) in [4.78, 5) is 8.13. The SMILES string of the molecule is C=C(OC(C)(C)C)N1CCc2c(sc(N=C(C)N)c2-c2ccccc2)C1. The number of fused-ring (bicyclic) bond motifs is 1. The predicted octanol–water partition coefficient (Wildman–Crippen LogP) is 5.07. The van der Waals surface area contributed by atoms with Gasteiger partial charge in [0.05, 0.1) is 12.4 Å². The van der Waals surface area contributed by atoms with Gasteiger partial charge in [-0.05, 0) is 51.8 Å². The van der Waals surface area contributed by atoms with Gasteiger partial charge < -0.3 is 15.4 Å². The summed E-state index contributed by atoms with van der Waals surface area (Å²) in [6.07, 6.45) is 0.946. The number of hydrogen-bond donors (Lipinski definition) is 1. The molecule has 0 saturated carbocycles. The molecule has 0 fully saturated rings. The molecule has 4 nitrogen and oxygen atoms in total. The monoisotopic (exact) mass is 369 g/mol. The number of aliphatic imine (C=N–C) groups is 1. The van der Waals surface area contributed by atoms with Crippen LogP contribution in [0.3, 0.4) is 0 Å². The van der Waals surface area contributed by atoms with Gasteiger partial charge in [0.1, 0.15) is 10.6 Å². The van der Waals surface area contributed by atoms with Crippen LogP contribution in [0.2, 0.25) is 0 Å². The summed E-state index contributed by atoms with van der Waals surface area (Å²) >= 11 is 1.72. The molecule has 1 aliphatic heterocycles. The normalized spacial score (nSPS) is 14.9. The molecule has 1 aromatic heterocycles. The van der Waals surface area contributed by atoms with Gasteiger partial charge in [0.2, 0.25) is 0 Å². The lowest BCUT2D eigenvalue weighted by Crippen LogP contribution is -2.33. The van der Waals surface area contributed by atoms with E-state index in [9.17, 15) is 0 Å². The molecule has 3 rings (SSSR count). The standard InChI is InChI=1S/C21H27N3OS/c1-14(22)23-20-19(16-9-7-6-8-10-16)17-11-12-24(13-18(17)26-20)15(2)25-21(3,4)5/h6-10H,2,11-13H2,1,3-5H3,(H2,22,23). The number of nitrogens with zero attached hydrogens (tertiary/aromatic N) is 2. The van der Waals surface area contributed by atoms with Crippen molar-refractivity contribution in [2.24, 2.45) is 10.7 Å². The third kappa shape index (κ3) is 4.10. The highest BCUT2D eigenvalue weighted by Crippen LogP contribution is 2.45. The fourth-order valence-corrected chi connectivity index (χ4v) is 4.48. The summed E-state index contributed by atoms with van der Waals surface area (Å²) in [5.41, 5.74) is 9.44. The number of amidine groups is 1. The third-order valence-electron chi connectivity index (χ3n) is 4.16. The molecule has 0 atom stereocenters. The highest BCUT2D eigenvalue weighted by molar-refractivity contribution is 7.16. The molecule has 0 unspecified atom stereocenters. The average molecular weight is 370 g/mol. The Labute approximate surface area is 160 Å². The maximum atomic E-state index is 5.97. The molecule has 26 heavy (non-hydrogen) atoms. The molecule has 1 aliphatic rings. The molecular weight excluding hydrogens is 342 g/mol. The van der Waals surface area contributed by atoms with Crippen LogP contribution in [-0.4, -0.2) is 22.9 Å². The Hall–Kier alpha value is -2.27. The highest BCUT2D eigenvalue weighted by atomic mass is 32.1. The van der Waals surface area contributed by atoms with Crippen LogP contribution in [0.1, 0.15) is 38.1 Å². The van der Waals surface area contributed by atoms with Gasteiger partial charge in [-0.3, -0.25) is 0 Å². The molecule has 0 amide bonds. The number of rotatable bonds is 4. The zero-order valence-corrected chi connectivity index (χ0v) is 16.8. The Morgan fingerprint density at radius 3 is 2.58 bits per heavy atom. The van der Waals surface area contributed by atoms with Gasteiger partial charge in [-0.25, -0.2) is 4.99 Å². The van der Waals surface area contributed by atoms with Crippen LogP contribution in [0.15, 0.2) is 47.8 Å². The quantitative estimate of drug-likeness (QED) is 0.465. The van der Waals surface area contributed by atoms with E-state index in [0.29, 0.717) is 5.84 Å². The first kappa shape index (κ1) is 18.5. The minimum Gasteiger partial charge on any atom is -0.474 e. The molecule has 0 radical (unpaired) electrons. The maximum Gasteiger partial charge on any atom is 0.182 e. The zero-order valence-electron chi connectivity index (χ0n) is 16.0. The molecule has 2 aromatic rings. The van der Waals surface area contributed by atoms with E-state index in [-0.39, 0.29) is 5.60 Å². The minimum absolute atomic E-state index is 0.242. The lowest BCUT2D eigenvalue weighted by Gasteiger charge is -2.34. The molecule has 0 aliphatic carbocycles. The van der Waals surface area contributed by atoms with Crippen molar-refractivity contribution in [2.45, 2.75) is 46.3 Å². The van der Waals surface area contributed by atoms with Crippen LogP contribution in [0.4, 0.5) is 5.00 Å². The van der Waals surface area contributed by atoms with Gasteiger partial charge in [0.25, 0.3) is 0 Å². The average Bonchev–Trinajstić information content (AvgIpc) is 2.90. The van der Waals surface area contributed by atoms with E-state index in [2.05, 4.69) is 40.7 Å². The van der Waals surface area contributed by atoms with Crippen LogP contribution in [0.25, 0.3) is 11.1 Å². The van der Waals surface area contributed by atoms with Crippen LogP contribution >= 0.6 is 11.3 Å². The van der Waals surface area contributed by atoms with E-state index in [1.807, 2.05) is 33.8 Å². The van der Waals surface area contributed by atoms with Gasteiger partial charge in [-0.2, -0.15) is 0 Å². The number of benzene rings is 1. The van der Waals surface area contributed by atoms with Gasteiger partial charge in [0, 0.05) is 17.0 Å². The first-order valence-corrected chi connectivity index (χ1v) is 9.70. The second-order valence-electron chi connectivity index (χ2n) is 7.58. The molecule has 138 valence electrons.